The van der Waals surface area contributed by atoms with E-state index in [9.17, 15) is 9.59 Å². The number of ketones is 1. The molecule has 0 fully saturated rings. The highest BCUT2D eigenvalue weighted by Crippen LogP contribution is 2.23. The predicted molar refractivity (Wildman–Crippen MR) is 127 cm³/mol. The minimum Gasteiger partial charge on any atom is -0.322 e. The van der Waals surface area contributed by atoms with Crippen LogP contribution in [0, 0.1) is 13.8 Å². The van der Waals surface area contributed by atoms with Crippen LogP contribution in [0.25, 0.3) is 5.69 Å². The monoisotopic (exact) mass is 442 g/mol. The SMILES string of the molecule is Cc1ccc(-n2c(C)nnc2SCC(=O)c2ccc(NC(=O)c3ccccc3)cc2)cc1. The number of thioether (sulfide) groups is 1. The molecule has 0 unspecified atom stereocenters. The van der Waals surface area contributed by atoms with Gasteiger partial charge < -0.3 is 5.32 Å². The van der Waals surface area contributed by atoms with Crippen molar-refractivity contribution in [3.63, 3.8) is 0 Å². The van der Waals surface area contributed by atoms with Crippen molar-refractivity contribution in [2.75, 3.05) is 11.1 Å². The number of hydrogen-bond acceptors (Lipinski definition) is 5. The molecule has 32 heavy (non-hydrogen) atoms. The topological polar surface area (TPSA) is 76.9 Å². The standard InChI is InChI=1S/C25H22N4O2S/c1-17-8-14-22(15-9-17)29-18(2)27-28-25(29)32-16-23(30)19-10-12-21(13-11-19)26-24(31)20-6-4-3-5-7-20/h3-15H,16H2,1-2H3,(H,26,31). The molecule has 0 saturated heterocycles. The van der Waals surface area contributed by atoms with Crippen LogP contribution in [-0.4, -0.2) is 32.2 Å². The summed E-state index contributed by atoms with van der Waals surface area (Å²) in [5.41, 5.74) is 3.93. The molecular weight excluding hydrogens is 420 g/mol. The Kier molecular flexibility index (Phi) is 6.47. The third kappa shape index (κ3) is 4.95. The maximum atomic E-state index is 12.7. The number of carbonyl (C=O) groups excluding carboxylic acids is 2. The molecule has 7 heteroatoms. The summed E-state index contributed by atoms with van der Waals surface area (Å²) in [7, 11) is 0. The van der Waals surface area contributed by atoms with Gasteiger partial charge in [-0.2, -0.15) is 0 Å². The lowest BCUT2D eigenvalue weighted by Gasteiger charge is -2.09. The van der Waals surface area contributed by atoms with Crippen LogP contribution in [0.4, 0.5) is 5.69 Å². The quantitative estimate of drug-likeness (QED) is 0.318. The zero-order valence-electron chi connectivity index (χ0n) is 17.8. The van der Waals surface area contributed by atoms with Crippen LogP contribution in [0.2, 0.25) is 0 Å². The number of benzene rings is 3. The molecule has 1 amide bonds. The smallest absolute Gasteiger partial charge is 0.255 e. The van der Waals surface area contributed by atoms with E-state index < -0.39 is 0 Å². The second kappa shape index (κ2) is 9.62. The van der Waals surface area contributed by atoms with Crippen molar-refractivity contribution in [1.82, 2.24) is 14.8 Å². The molecule has 1 heterocycles. The van der Waals surface area contributed by atoms with Crippen LogP contribution >= 0.6 is 11.8 Å². The van der Waals surface area contributed by atoms with Crippen LogP contribution in [0.3, 0.4) is 0 Å². The third-order valence-corrected chi connectivity index (χ3v) is 5.85. The lowest BCUT2D eigenvalue weighted by molar-refractivity contribution is 0.101. The van der Waals surface area contributed by atoms with Gasteiger partial charge in [-0.1, -0.05) is 47.7 Å². The maximum absolute atomic E-state index is 12.7. The molecule has 0 saturated carbocycles. The zero-order valence-corrected chi connectivity index (χ0v) is 18.6. The fourth-order valence-corrected chi connectivity index (χ4v) is 4.07. The number of aryl methyl sites for hydroxylation is 2. The Hall–Kier alpha value is -3.71. The fourth-order valence-electron chi connectivity index (χ4n) is 3.17. The minimum atomic E-state index is -0.189. The molecule has 0 atom stereocenters. The van der Waals surface area contributed by atoms with Gasteiger partial charge in [0.2, 0.25) is 0 Å². The van der Waals surface area contributed by atoms with Crippen LogP contribution < -0.4 is 5.32 Å². The molecule has 3 aromatic carbocycles. The van der Waals surface area contributed by atoms with E-state index in [1.54, 1.807) is 36.4 Å². The van der Waals surface area contributed by atoms with Gasteiger partial charge in [-0.05, 0) is 62.4 Å². The van der Waals surface area contributed by atoms with Gasteiger partial charge in [-0.15, -0.1) is 10.2 Å². The maximum Gasteiger partial charge on any atom is 0.255 e. The van der Waals surface area contributed by atoms with Gasteiger partial charge in [0.25, 0.3) is 5.91 Å². The lowest BCUT2D eigenvalue weighted by Crippen LogP contribution is -2.12. The lowest BCUT2D eigenvalue weighted by atomic mass is 10.1. The van der Waals surface area contributed by atoms with Crippen molar-refractivity contribution in [3.05, 3.63) is 101 Å². The normalized spacial score (nSPS) is 10.7. The summed E-state index contributed by atoms with van der Waals surface area (Å²) < 4.78 is 1.94. The van der Waals surface area contributed by atoms with E-state index in [4.69, 9.17) is 0 Å². The second-order valence-electron chi connectivity index (χ2n) is 7.31. The summed E-state index contributed by atoms with van der Waals surface area (Å²) >= 11 is 1.35. The van der Waals surface area contributed by atoms with Crippen LogP contribution in [-0.2, 0) is 0 Å². The van der Waals surface area contributed by atoms with E-state index in [-0.39, 0.29) is 17.4 Å². The first-order chi connectivity index (χ1) is 15.5. The first kappa shape index (κ1) is 21.5. The molecule has 160 valence electrons. The van der Waals surface area contributed by atoms with Gasteiger partial charge in [-0.3, -0.25) is 14.2 Å². The number of nitrogens with zero attached hydrogens (tertiary/aromatic N) is 3. The molecule has 1 N–H and O–H groups in total. The molecule has 0 aliphatic carbocycles. The highest BCUT2D eigenvalue weighted by atomic mass is 32.2. The molecule has 0 bridgehead atoms. The van der Waals surface area contributed by atoms with Gasteiger partial charge in [0.15, 0.2) is 10.9 Å². The first-order valence-electron chi connectivity index (χ1n) is 10.1. The Bertz CT molecular complexity index is 1230. The van der Waals surface area contributed by atoms with Crippen molar-refractivity contribution in [2.45, 2.75) is 19.0 Å². The molecule has 0 aliphatic heterocycles. The molecule has 4 rings (SSSR count). The summed E-state index contributed by atoms with van der Waals surface area (Å²) in [6.45, 7) is 3.93. The summed E-state index contributed by atoms with van der Waals surface area (Å²) in [5, 5.41) is 11.9. The molecule has 4 aromatic rings. The average Bonchev–Trinajstić information content (AvgIpc) is 3.19. The number of carbonyl (C=O) groups is 2. The Morgan fingerprint density at radius 2 is 1.53 bits per heavy atom. The van der Waals surface area contributed by atoms with E-state index in [0.717, 1.165) is 11.5 Å². The van der Waals surface area contributed by atoms with Crippen molar-refractivity contribution in [2.24, 2.45) is 0 Å². The second-order valence-corrected chi connectivity index (χ2v) is 8.25. The molecular formula is C25H22N4O2S. The number of amides is 1. The molecule has 0 radical (unpaired) electrons. The van der Waals surface area contributed by atoms with E-state index in [2.05, 4.69) is 15.5 Å². The van der Waals surface area contributed by atoms with Crippen LogP contribution in [0.1, 0.15) is 32.1 Å². The predicted octanol–water partition coefficient (Wildman–Crippen LogP) is 5.11. The van der Waals surface area contributed by atoms with E-state index in [1.165, 1.54) is 17.3 Å². The Balaban J connectivity index is 1.40. The highest BCUT2D eigenvalue weighted by Gasteiger charge is 2.14. The van der Waals surface area contributed by atoms with Crippen molar-refractivity contribution < 1.29 is 9.59 Å². The van der Waals surface area contributed by atoms with Gasteiger partial charge in [0, 0.05) is 22.5 Å². The summed E-state index contributed by atoms with van der Waals surface area (Å²) in [6, 6.07) is 24.0. The third-order valence-electron chi connectivity index (χ3n) is 4.92. The van der Waals surface area contributed by atoms with Gasteiger partial charge in [-0.25, -0.2) is 0 Å². The Morgan fingerprint density at radius 3 is 2.22 bits per heavy atom. The van der Waals surface area contributed by atoms with Crippen LogP contribution in [0.15, 0.2) is 84.0 Å². The number of aromatic nitrogens is 3. The number of hydrogen-bond donors (Lipinski definition) is 1. The van der Waals surface area contributed by atoms with E-state index in [1.807, 2.05) is 60.9 Å². The largest absolute Gasteiger partial charge is 0.322 e. The zero-order chi connectivity index (χ0) is 22.5. The molecule has 0 aliphatic rings. The first-order valence-corrected chi connectivity index (χ1v) is 11.1. The summed E-state index contributed by atoms with van der Waals surface area (Å²) in [5.74, 6) is 0.792. The number of rotatable bonds is 7. The van der Waals surface area contributed by atoms with Crippen molar-refractivity contribution in [3.8, 4) is 5.69 Å². The molecule has 6 nitrogen and oxygen atoms in total. The molecule has 0 spiro atoms. The molecule has 1 aromatic heterocycles. The minimum absolute atomic E-state index is 0.0213. The van der Waals surface area contributed by atoms with Gasteiger partial charge >= 0.3 is 0 Å². The highest BCUT2D eigenvalue weighted by molar-refractivity contribution is 7.99. The van der Waals surface area contributed by atoms with Crippen molar-refractivity contribution in [1.29, 1.82) is 0 Å². The summed E-state index contributed by atoms with van der Waals surface area (Å²) in [4.78, 5) is 25.0. The number of anilines is 1. The Morgan fingerprint density at radius 1 is 0.844 bits per heavy atom. The van der Waals surface area contributed by atoms with Gasteiger partial charge in [0.1, 0.15) is 5.82 Å². The van der Waals surface area contributed by atoms with E-state index >= 15 is 0 Å². The number of nitrogens with one attached hydrogen (secondary N) is 1. The number of Topliss-reactive ketones (excluding diaryl/α,β-unsaturated/α-hetero) is 1. The Labute approximate surface area is 190 Å². The van der Waals surface area contributed by atoms with Crippen LogP contribution in [0.5, 0.6) is 0 Å². The van der Waals surface area contributed by atoms with Crippen molar-refractivity contribution >= 4 is 29.1 Å². The average molecular weight is 443 g/mol. The fraction of sp³-hybridized carbons (Fsp3) is 0.120. The van der Waals surface area contributed by atoms with E-state index in [0.29, 0.717) is 22.0 Å². The van der Waals surface area contributed by atoms with Gasteiger partial charge in [0.05, 0.1) is 5.75 Å². The summed E-state index contributed by atoms with van der Waals surface area (Å²) in [6.07, 6.45) is 0.